The van der Waals surface area contributed by atoms with Crippen LogP contribution in [-0.2, 0) is 6.54 Å². The monoisotopic (exact) mass is 364 g/mol. The molecule has 0 aliphatic carbocycles. The average Bonchev–Trinajstić information content (AvgIpc) is 2.90. The van der Waals surface area contributed by atoms with Crippen molar-refractivity contribution < 1.29 is 9.59 Å². The van der Waals surface area contributed by atoms with Crippen molar-refractivity contribution in [3.05, 3.63) is 70.3 Å². The van der Waals surface area contributed by atoms with Crippen molar-refractivity contribution in [3.8, 4) is 0 Å². The summed E-state index contributed by atoms with van der Waals surface area (Å²) in [6, 6.07) is 13.2. The molecule has 0 spiro atoms. The van der Waals surface area contributed by atoms with Gasteiger partial charge in [-0.3, -0.25) is 19.5 Å². The molecule has 0 radical (unpaired) electrons. The van der Waals surface area contributed by atoms with Crippen LogP contribution in [0, 0.1) is 13.8 Å². The lowest BCUT2D eigenvalue weighted by Gasteiger charge is -2.17. The molecule has 0 unspecified atom stereocenters. The summed E-state index contributed by atoms with van der Waals surface area (Å²) in [4.78, 5) is 30.2. The summed E-state index contributed by atoms with van der Waals surface area (Å²) in [6.45, 7) is 5.53. The normalized spacial score (nSPS) is 13.7. The summed E-state index contributed by atoms with van der Waals surface area (Å²) in [5.74, 6) is 0.151. The first-order valence-corrected chi connectivity index (χ1v) is 8.97. The minimum absolute atomic E-state index is 0.240. The molecular formula is C21H24N4O2. The number of carbonyl (C=O) groups excluding carboxylic acids is 2. The van der Waals surface area contributed by atoms with Crippen LogP contribution < -0.4 is 10.6 Å². The summed E-state index contributed by atoms with van der Waals surface area (Å²) in [5, 5.41) is 6.42. The van der Waals surface area contributed by atoms with Crippen LogP contribution in [0.3, 0.4) is 0 Å². The predicted octanol–water partition coefficient (Wildman–Crippen LogP) is 2.26. The van der Waals surface area contributed by atoms with Crippen LogP contribution in [0.15, 0.2) is 47.5 Å². The van der Waals surface area contributed by atoms with Crippen LogP contribution in [0.2, 0.25) is 0 Å². The minimum atomic E-state index is -0.240. The summed E-state index contributed by atoms with van der Waals surface area (Å²) in [6.07, 6.45) is 0. The highest BCUT2D eigenvalue weighted by Crippen LogP contribution is 2.21. The van der Waals surface area contributed by atoms with E-state index in [0.29, 0.717) is 30.2 Å². The largest absolute Gasteiger partial charge is 0.355 e. The second-order valence-electron chi connectivity index (χ2n) is 6.59. The van der Waals surface area contributed by atoms with Crippen LogP contribution >= 0.6 is 0 Å². The molecule has 2 aromatic rings. The Kier molecular flexibility index (Phi) is 5.54. The molecule has 0 fully saturated rings. The SMILES string of the molecule is CN=C(NCCN1C(=O)c2ccccc2C1=O)NCc1ccc(C)cc1C. The minimum Gasteiger partial charge on any atom is -0.355 e. The molecule has 0 aromatic heterocycles. The summed E-state index contributed by atoms with van der Waals surface area (Å²) >= 11 is 0. The number of carbonyl (C=O) groups is 2. The van der Waals surface area contributed by atoms with Crippen molar-refractivity contribution in [2.45, 2.75) is 20.4 Å². The van der Waals surface area contributed by atoms with Gasteiger partial charge in [-0.15, -0.1) is 0 Å². The first-order valence-electron chi connectivity index (χ1n) is 8.97. The molecule has 140 valence electrons. The number of nitrogens with zero attached hydrogens (tertiary/aromatic N) is 2. The van der Waals surface area contributed by atoms with Gasteiger partial charge in [-0.05, 0) is 37.1 Å². The Hall–Kier alpha value is -3.15. The fourth-order valence-corrected chi connectivity index (χ4v) is 3.17. The number of amides is 2. The maximum Gasteiger partial charge on any atom is 0.261 e. The van der Waals surface area contributed by atoms with Gasteiger partial charge in [0, 0.05) is 26.7 Å². The van der Waals surface area contributed by atoms with E-state index in [9.17, 15) is 9.59 Å². The molecule has 6 heteroatoms. The summed E-state index contributed by atoms with van der Waals surface area (Å²) in [5.41, 5.74) is 4.60. The van der Waals surface area contributed by atoms with Crippen LogP contribution in [0.25, 0.3) is 0 Å². The molecule has 27 heavy (non-hydrogen) atoms. The maximum atomic E-state index is 12.4. The van der Waals surface area contributed by atoms with Gasteiger partial charge in [0.2, 0.25) is 0 Å². The molecule has 6 nitrogen and oxygen atoms in total. The van der Waals surface area contributed by atoms with Gasteiger partial charge in [0.15, 0.2) is 5.96 Å². The van der Waals surface area contributed by atoms with E-state index in [1.54, 1.807) is 31.3 Å². The Morgan fingerprint density at radius 1 is 1.00 bits per heavy atom. The molecule has 2 N–H and O–H groups in total. The molecular weight excluding hydrogens is 340 g/mol. The molecule has 3 rings (SSSR count). The van der Waals surface area contributed by atoms with Crippen molar-refractivity contribution in [2.24, 2.45) is 4.99 Å². The van der Waals surface area contributed by atoms with Gasteiger partial charge < -0.3 is 10.6 Å². The third-order valence-electron chi connectivity index (χ3n) is 4.67. The number of rotatable bonds is 5. The molecule has 0 bridgehead atoms. The Balaban J connectivity index is 1.52. The van der Waals surface area contributed by atoms with Gasteiger partial charge in [-0.1, -0.05) is 35.9 Å². The lowest BCUT2D eigenvalue weighted by Crippen LogP contribution is -2.42. The van der Waals surface area contributed by atoms with Gasteiger partial charge in [0.05, 0.1) is 11.1 Å². The quantitative estimate of drug-likeness (QED) is 0.485. The van der Waals surface area contributed by atoms with Gasteiger partial charge >= 0.3 is 0 Å². The van der Waals surface area contributed by atoms with E-state index in [1.165, 1.54) is 21.6 Å². The third kappa shape index (κ3) is 4.00. The standard InChI is InChI=1S/C21H24N4O2/c1-14-8-9-16(15(2)12-14)13-24-21(22-3)23-10-11-25-19(26)17-6-4-5-7-18(17)20(25)27/h4-9,12H,10-11,13H2,1-3H3,(H2,22,23,24). The van der Waals surface area contributed by atoms with Crippen LogP contribution in [-0.4, -0.2) is 42.8 Å². The van der Waals surface area contributed by atoms with Gasteiger partial charge in [0.1, 0.15) is 0 Å². The van der Waals surface area contributed by atoms with Crippen LogP contribution in [0.4, 0.5) is 0 Å². The van der Waals surface area contributed by atoms with E-state index in [1.807, 2.05) is 0 Å². The second-order valence-corrected chi connectivity index (χ2v) is 6.59. The van der Waals surface area contributed by atoms with Crippen molar-refractivity contribution in [2.75, 3.05) is 20.1 Å². The number of aryl methyl sites for hydroxylation is 2. The van der Waals surface area contributed by atoms with Gasteiger partial charge in [-0.2, -0.15) is 0 Å². The third-order valence-corrected chi connectivity index (χ3v) is 4.67. The number of benzene rings is 2. The zero-order valence-corrected chi connectivity index (χ0v) is 15.9. The fraction of sp³-hybridized carbons (Fsp3) is 0.286. The molecule has 1 aliphatic rings. The Morgan fingerprint density at radius 2 is 1.67 bits per heavy atom. The number of imide groups is 1. The van der Waals surface area contributed by atoms with E-state index in [0.717, 1.165) is 0 Å². The van der Waals surface area contributed by atoms with Gasteiger partial charge in [0.25, 0.3) is 11.8 Å². The number of hydrogen-bond donors (Lipinski definition) is 2. The number of nitrogens with one attached hydrogen (secondary N) is 2. The van der Waals surface area contributed by atoms with E-state index < -0.39 is 0 Å². The topological polar surface area (TPSA) is 73.8 Å². The summed E-state index contributed by atoms with van der Waals surface area (Å²) in [7, 11) is 1.69. The van der Waals surface area contributed by atoms with Crippen LogP contribution in [0.5, 0.6) is 0 Å². The van der Waals surface area contributed by atoms with E-state index in [4.69, 9.17) is 0 Å². The van der Waals surface area contributed by atoms with Crippen molar-refractivity contribution in [3.63, 3.8) is 0 Å². The van der Waals surface area contributed by atoms with Crippen molar-refractivity contribution in [1.29, 1.82) is 0 Å². The van der Waals surface area contributed by atoms with E-state index >= 15 is 0 Å². The Bertz CT molecular complexity index is 870. The second kappa shape index (κ2) is 8.03. The summed E-state index contributed by atoms with van der Waals surface area (Å²) < 4.78 is 0. The molecule has 2 amide bonds. The molecule has 1 aliphatic heterocycles. The number of aliphatic imine (C=N–C) groups is 1. The van der Waals surface area contributed by atoms with E-state index in [-0.39, 0.29) is 18.4 Å². The zero-order chi connectivity index (χ0) is 19.4. The fourth-order valence-electron chi connectivity index (χ4n) is 3.17. The molecule has 1 heterocycles. The highest BCUT2D eigenvalue weighted by Gasteiger charge is 2.34. The first-order chi connectivity index (χ1) is 13.0. The van der Waals surface area contributed by atoms with E-state index in [2.05, 4.69) is 47.7 Å². The average molecular weight is 364 g/mol. The van der Waals surface area contributed by atoms with Gasteiger partial charge in [-0.25, -0.2) is 0 Å². The Labute approximate surface area is 159 Å². The Morgan fingerprint density at radius 3 is 2.26 bits per heavy atom. The molecule has 2 aromatic carbocycles. The highest BCUT2D eigenvalue weighted by atomic mass is 16.2. The number of fused-ring (bicyclic) bond motifs is 1. The van der Waals surface area contributed by atoms with Crippen LogP contribution in [0.1, 0.15) is 37.4 Å². The maximum absolute atomic E-state index is 12.4. The molecule has 0 saturated heterocycles. The lowest BCUT2D eigenvalue weighted by molar-refractivity contribution is 0.0657. The lowest BCUT2D eigenvalue weighted by atomic mass is 10.1. The van der Waals surface area contributed by atoms with Crippen molar-refractivity contribution in [1.82, 2.24) is 15.5 Å². The molecule has 0 atom stereocenters. The predicted molar refractivity (Wildman–Crippen MR) is 106 cm³/mol. The van der Waals surface area contributed by atoms with Crippen molar-refractivity contribution >= 4 is 17.8 Å². The number of hydrogen-bond acceptors (Lipinski definition) is 3. The number of guanidine groups is 1. The highest BCUT2D eigenvalue weighted by molar-refractivity contribution is 6.21. The first kappa shape index (κ1) is 18.6. The smallest absolute Gasteiger partial charge is 0.261 e. The molecule has 0 saturated carbocycles. The zero-order valence-electron chi connectivity index (χ0n) is 15.9.